The van der Waals surface area contributed by atoms with Gasteiger partial charge in [0, 0.05) is 85.3 Å². The largest absolute Gasteiger partial charge is 0.383 e. The fraction of sp³-hybridized carbons (Fsp3) is 0.317. The van der Waals surface area contributed by atoms with E-state index >= 15 is 0 Å². The average Bonchev–Trinajstić information content (AvgIpc) is 3.14. The Morgan fingerprint density at radius 3 is 1.37 bits per heavy atom. The van der Waals surface area contributed by atoms with Crippen molar-refractivity contribution in [1.82, 2.24) is 24.7 Å². The number of pyridine rings is 2. The zero-order chi connectivity index (χ0) is 36.6. The quantitative estimate of drug-likeness (QED) is 0.0879. The van der Waals surface area contributed by atoms with Crippen LogP contribution in [0.3, 0.4) is 0 Å². The molecule has 0 saturated carbocycles. The summed E-state index contributed by atoms with van der Waals surface area (Å²) in [6.07, 6.45) is 1.79. The summed E-state index contributed by atoms with van der Waals surface area (Å²) in [5, 5.41) is 11.4. The molecule has 0 atom stereocenters. The van der Waals surface area contributed by atoms with Gasteiger partial charge in [-0.1, -0.05) is 36.4 Å². The lowest BCUT2D eigenvalue weighted by atomic mass is 10.1. The van der Waals surface area contributed by atoms with E-state index in [4.69, 9.17) is 9.97 Å². The van der Waals surface area contributed by atoms with E-state index < -0.39 is 0 Å². The van der Waals surface area contributed by atoms with Gasteiger partial charge in [-0.3, -0.25) is 9.59 Å². The van der Waals surface area contributed by atoms with Gasteiger partial charge in [0.2, 0.25) is 12.8 Å². The third kappa shape index (κ3) is 8.39. The van der Waals surface area contributed by atoms with Crippen molar-refractivity contribution in [3.63, 3.8) is 0 Å². The number of carbonyl (C=O) groups excluding carboxylic acids is 2. The third-order valence-electron chi connectivity index (χ3n) is 9.40. The van der Waals surface area contributed by atoms with Gasteiger partial charge in [-0.2, -0.15) is 0 Å². The Hall–Kier alpha value is -5.36. The van der Waals surface area contributed by atoms with E-state index in [1.807, 2.05) is 76.7 Å². The first kappa shape index (κ1) is 36.4. The molecule has 4 aromatic carbocycles. The molecule has 0 aliphatic heterocycles. The average molecular weight is 700 g/mol. The maximum Gasteiger partial charge on any atom is 0.214 e. The van der Waals surface area contributed by atoms with Gasteiger partial charge in [-0.15, -0.1) is 0 Å². The molecule has 2 N–H and O–H groups in total. The third-order valence-corrected chi connectivity index (χ3v) is 9.40. The van der Waals surface area contributed by atoms with Crippen LogP contribution in [0.25, 0.3) is 43.6 Å². The lowest BCUT2D eigenvalue weighted by Gasteiger charge is -2.23. The second-order valence-electron chi connectivity index (χ2n) is 13.8. The molecular weight excluding hydrogens is 651 g/mol. The molecule has 0 saturated heterocycles. The highest BCUT2D eigenvalue weighted by Crippen LogP contribution is 2.34. The zero-order valence-electron chi connectivity index (χ0n) is 30.8. The number of para-hydroxylation sites is 2. The van der Waals surface area contributed by atoms with Gasteiger partial charge in [0.1, 0.15) is 0 Å². The highest BCUT2D eigenvalue weighted by atomic mass is 16.1. The Morgan fingerprint density at radius 1 is 0.538 bits per heavy atom. The van der Waals surface area contributed by atoms with Crippen LogP contribution < -0.4 is 20.4 Å². The Kier molecular flexibility index (Phi) is 11.8. The number of nitrogens with one attached hydrogen (secondary N) is 2. The van der Waals surface area contributed by atoms with Crippen LogP contribution in [0.5, 0.6) is 0 Å². The van der Waals surface area contributed by atoms with E-state index in [9.17, 15) is 9.59 Å². The van der Waals surface area contributed by atoms with E-state index in [0.29, 0.717) is 13.1 Å². The molecule has 6 rings (SSSR count). The zero-order valence-corrected chi connectivity index (χ0v) is 30.8. The van der Waals surface area contributed by atoms with Crippen molar-refractivity contribution in [3.05, 3.63) is 84.9 Å². The second-order valence-corrected chi connectivity index (χ2v) is 13.8. The monoisotopic (exact) mass is 699 g/mol. The minimum Gasteiger partial charge on any atom is -0.383 e. The van der Waals surface area contributed by atoms with Crippen LogP contribution in [0, 0.1) is 0 Å². The lowest BCUT2D eigenvalue weighted by molar-refractivity contribution is -0.108. The van der Waals surface area contributed by atoms with Gasteiger partial charge in [0.25, 0.3) is 0 Å². The second kappa shape index (κ2) is 16.8. The molecule has 0 fully saturated rings. The summed E-state index contributed by atoms with van der Waals surface area (Å²) in [6, 6.07) is 28.6. The van der Waals surface area contributed by atoms with Crippen LogP contribution in [-0.2, 0) is 9.59 Å². The van der Waals surface area contributed by atoms with E-state index in [1.54, 1.807) is 9.80 Å². The molecule has 0 spiro atoms. The standard InChI is InChI=1S/C41H49N9O2/c1-46(2)22-24-49(28-51)38-16-14-36(32-26-30-10-6-8-12-34(30)44-40(32)38)42-18-20-48(5)21-19-43-37-15-17-39(50(29-52)25-23-47(3)4)41-33(37)27-31-11-7-9-13-35(31)45-41/h6-17,26-29,42-43H,18-25H2,1-5H3. The summed E-state index contributed by atoms with van der Waals surface area (Å²) in [5.41, 5.74) is 7.01. The number of benzene rings is 4. The first-order valence-electron chi connectivity index (χ1n) is 17.8. The number of anilines is 4. The summed E-state index contributed by atoms with van der Waals surface area (Å²) in [5.74, 6) is 0. The maximum absolute atomic E-state index is 12.2. The number of carbonyl (C=O) groups is 2. The summed E-state index contributed by atoms with van der Waals surface area (Å²) in [7, 11) is 10.1. The van der Waals surface area contributed by atoms with Gasteiger partial charge < -0.3 is 35.1 Å². The van der Waals surface area contributed by atoms with Crippen molar-refractivity contribution in [1.29, 1.82) is 0 Å². The van der Waals surface area contributed by atoms with E-state index in [1.165, 1.54) is 0 Å². The van der Waals surface area contributed by atoms with Crippen LogP contribution in [0.2, 0.25) is 0 Å². The number of amides is 2. The van der Waals surface area contributed by atoms with Gasteiger partial charge in [-0.05, 0) is 83.8 Å². The summed E-state index contributed by atoms with van der Waals surface area (Å²) in [4.78, 5) is 44.3. The Balaban J connectivity index is 1.14. The number of hydrogen-bond acceptors (Lipinski definition) is 9. The summed E-state index contributed by atoms with van der Waals surface area (Å²) >= 11 is 0. The number of aromatic nitrogens is 2. The minimum absolute atomic E-state index is 0.576. The predicted octanol–water partition coefficient (Wildman–Crippen LogP) is 5.59. The van der Waals surface area contributed by atoms with E-state index in [-0.39, 0.29) is 0 Å². The molecule has 6 aromatic rings. The number of rotatable bonds is 18. The van der Waals surface area contributed by atoms with Crippen molar-refractivity contribution in [3.8, 4) is 0 Å². The topological polar surface area (TPSA) is 100 Å². The van der Waals surface area contributed by atoms with Crippen molar-refractivity contribution >= 4 is 79.2 Å². The van der Waals surface area contributed by atoms with Crippen LogP contribution in [0.4, 0.5) is 22.7 Å². The molecule has 0 unspecified atom stereocenters. The minimum atomic E-state index is 0.576. The molecule has 52 heavy (non-hydrogen) atoms. The first-order valence-corrected chi connectivity index (χ1v) is 17.8. The highest BCUT2D eigenvalue weighted by molar-refractivity contribution is 6.08. The number of nitrogens with zero attached hydrogens (tertiary/aromatic N) is 7. The molecule has 0 aliphatic rings. The molecule has 2 heterocycles. The van der Waals surface area contributed by atoms with Crippen molar-refractivity contribution < 1.29 is 9.59 Å². The van der Waals surface area contributed by atoms with Crippen LogP contribution in [0.15, 0.2) is 84.9 Å². The SMILES string of the molecule is CN(C)CCN(C=O)c1ccc(NCCN(C)CCNc2ccc(N(C=O)CCN(C)C)c3nc4ccccc4cc23)c2cc3ccccc3nc12. The highest BCUT2D eigenvalue weighted by Gasteiger charge is 2.17. The number of likely N-dealkylation sites (N-methyl/N-ethyl adjacent to an activating group) is 3. The fourth-order valence-corrected chi connectivity index (χ4v) is 6.42. The summed E-state index contributed by atoms with van der Waals surface area (Å²) < 4.78 is 0. The Morgan fingerprint density at radius 2 is 0.962 bits per heavy atom. The maximum atomic E-state index is 12.2. The van der Waals surface area contributed by atoms with Gasteiger partial charge in [0.15, 0.2) is 0 Å². The molecular formula is C41H49N9O2. The molecule has 270 valence electrons. The van der Waals surface area contributed by atoms with Crippen LogP contribution in [0.1, 0.15) is 0 Å². The molecule has 0 aliphatic carbocycles. The predicted molar refractivity (Wildman–Crippen MR) is 217 cm³/mol. The molecule has 0 bridgehead atoms. The van der Waals surface area contributed by atoms with Crippen molar-refractivity contribution in [2.24, 2.45) is 0 Å². The van der Waals surface area contributed by atoms with Crippen LogP contribution >= 0.6 is 0 Å². The fourth-order valence-electron chi connectivity index (χ4n) is 6.42. The van der Waals surface area contributed by atoms with Crippen molar-refractivity contribution in [2.75, 3.05) is 108 Å². The molecule has 0 radical (unpaired) electrons. The molecule has 11 nitrogen and oxygen atoms in total. The summed E-state index contributed by atoms with van der Waals surface area (Å²) in [6.45, 7) is 5.76. The van der Waals surface area contributed by atoms with E-state index in [0.717, 1.165) is 118 Å². The van der Waals surface area contributed by atoms with Gasteiger partial charge in [-0.25, -0.2) is 9.97 Å². The van der Waals surface area contributed by atoms with Gasteiger partial charge in [0.05, 0.1) is 33.4 Å². The van der Waals surface area contributed by atoms with Crippen LogP contribution in [-0.4, -0.2) is 125 Å². The Labute approximate surface area is 305 Å². The van der Waals surface area contributed by atoms with Crippen molar-refractivity contribution in [2.45, 2.75) is 0 Å². The molecule has 2 amide bonds. The molecule has 11 heteroatoms. The smallest absolute Gasteiger partial charge is 0.214 e. The Bertz CT molecular complexity index is 2020. The van der Waals surface area contributed by atoms with E-state index in [2.05, 4.69) is 68.8 Å². The number of hydrogen-bond donors (Lipinski definition) is 2. The molecule has 2 aromatic heterocycles. The first-order chi connectivity index (χ1) is 25.2. The van der Waals surface area contributed by atoms with Gasteiger partial charge >= 0.3 is 0 Å². The lowest BCUT2D eigenvalue weighted by Crippen LogP contribution is -2.31. The normalized spacial score (nSPS) is 11.7. The number of fused-ring (bicyclic) bond motifs is 4.